The third-order valence-electron chi connectivity index (χ3n) is 5.69. The lowest BCUT2D eigenvalue weighted by atomic mass is 9.85. The molecule has 0 saturated carbocycles. The normalized spacial score (nSPS) is 15.7. The Balaban J connectivity index is 2.28. The quantitative estimate of drug-likeness (QED) is 0.245. The molecule has 3 nitrogen and oxygen atoms in total. The number of aryl methyl sites for hydroxylation is 2. The van der Waals surface area contributed by atoms with Gasteiger partial charge in [0, 0.05) is 36.2 Å². The monoisotopic (exact) mass is 417 g/mol. The van der Waals surface area contributed by atoms with Crippen LogP contribution in [0.4, 0.5) is 5.69 Å². The molecular formula is C28H31N2O+. The van der Waals surface area contributed by atoms with E-state index in [1.165, 1.54) is 0 Å². The first-order chi connectivity index (χ1) is 16.9. The van der Waals surface area contributed by atoms with Gasteiger partial charge in [0.05, 0.1) is 13.5 Å². The van der Waals surface area contributed by atoms with Crippen LogP contribution >= 0.6 is 0 Å². The molecule has 0 aliphatic rings. The minimum atomic E-state index is -2.62. The average molecular weight is 418 g/mol. The summed E-state index contributed by atoms with van der Waals surface area (Å²) >= 11 is 0. The Bertz CT molecular complexity index is 1630. The van der Waals surface area contributed by atoms with E-state index in [1.54, 1.807) is 45.4 Å². The van der Waals surface area contributed by atoms with E-state index >= 15 is 0 Å². The highest BCUT2D eigenvalue weighted by Gasteiger charge is 2.27. The van der Waals surface area contributed by atoms with Crippen LogP contribution in [-0.2, 0) is 13.4 Å². The highest BCUT2D eigenvalue weighted by molar-refractivity contribution is 6.14. The van der Waals surface area contributed by atoms with Crippen LogP contribution in [0.1, 0.15) is 56.9 Å². The lowest BCUT2D eigenvalue weighted by Crippen LogP contribution is -2.36. The zero-order valence-corrected chi connectivity index (χ0v) is 19.1. The van der Waals surface area contributed by atoms with E-state index in [1.807, 2.05) is 32.0 Å². The molecular weight excluding hydrogens is 380 g/mol. The molecule has 2 aromatic carbocycles. The van der Waals surface area contributed by atoms with Gasteiger partial charge < -0.3 is 4.42 Å². The van der Waals surface area contributed by atoms with Gasteiger partial charge in [-0.1, -0.05) is 45.0 Å². The molecule has 31 heavy (non-hydrogen) atoms. The molecule has 0 fully saturated rings. The van der Waals surface area contributed by atoms with Crippen molar-refractivity contribution in [2.75, 3.05) is 0 Å². The summed E-state index contributed by atoms with van der Waals surface area (Å²) in [6.45, 7) is 15.6. The zero-order chi connectivity index (χ0) is 27.8. The molecule has 0 spiro atoms. The number of para-hydroxylation sites is 1. The molecule has 0 aliphatic heterocycles. The van der Waals surface area contributed by atoms with Gasteiger partial charge in [-0.15, -0.1) is 0 Å². The van der Waals surface area contributed by atoms with E-state index in [4.69, 9.17) is 17.8 Å². The summed E-state index contributed by atoms with van der Waals surface area (Å²) in [4.78, 5) is 3.61. The molecule has 4 aromatic rings. The number of benzene rings is 2. The molecule has 0 radical (unpaired) electrons. The molecule has 2 heterocycles. The Morgan fingerprint density at radius 2 is 1.94 bits per heavy atom. The fraction of sp³-hybridized carbons (Fsp3) is 0.357. The van der Waals surface area contributed by atoms with Crippen LogP contribution < -0.4 is 4.57 Å². The maximum Gasteiger partial charge on any atom is 0.229 e. The lowest BCUT2D eigenvalue weighted by Gasteiger charge is -2.21. The Kier molecular flexibility index (Phi) is 3.46. The van der Waals surface area contributed by atoms with Crippen molar-refractivity contribution in [1.29, 1.82) is 0 Å². The molecule has 0 bridgehead atoms. The van der Waals surface area contributed by atoms with Gasteiger partial charge in [-0.3, -0.25) is 0 Å². The van der Waals surface area contributed by atoms with Crippen molar-refractivity contribution in [3.63, 3.8) is 0 Å². The number of rotatable bonds is 2. The van der Waals surface area contributed by atoms with Crippen molar-refractivity contribution >= 4 is 27.6 Å². The topological polar surface area (TPSA) is 21.4 Å². The number of furan rings is 1. The van der Waals surface area contributed by atoms with Crippen LogP contribution in [0.5, 0.6) is 0 Å². The molecule has 4 rings (SSSR count). The lowest BCUT2D eigenvalue weighted by molar-refractivity contribution is -0.667. The van der Waals surface area contributed by atoms with Gasteiger partial charge in [-0.25, -0.2) is 4.85 Å². The number of fused-ring (bicyclic) bond motifs is 3. The first-order valence-electron chi connectivity index (χ1n) is 13.3. The number of hydrogen-bond acceptors (Lipinski definition) is 1. The second-order valence-electron chi connectivity index (χ2n) is 9.20. The van der Waals surface area contributed by atoms with Gasteiger partial charge in [0.15, 0.2) is 5.69 Å². The number of pyridine rings is 1. The SMILES string of the molecule is [2H]c1c(C([2H])([2H])C(C)(C)C)c(C([2H])([2H])[2H])c(C)[n+](C)c1-c1c(C)cc(C)c2c1oc1c([N+]#[C-])cccc12. The molecule has 0 amide bonds. The maximum atomic E-state index is 9.32. The molecule has 3 heteroatoms. The van der Waals surface area contributed by atoms with E-state index in [-0.39, 0.29) is 17.2 Å². The van der Waals surface area contributed by atoms with Gasteiger partial charge in [-0.2, -0.15) is 4.57 Å². The second-order valence-corrected chi connectivity index (χ2v) is 9.20. The molecule has 0 atom stereocenters. The van der Waals surface area contributed by atoms with E-state index in [0.29, 0.717) is 33.8 Å². The minimum Gasteiger partial charge on any atom is -0.466 e. The highest BCUT2D eigenvalue weighted by Crippen LogP contribution is 2.42. The number of aromatic nitrogens is 1. The largest absolute Gasteiger partial charge is 0.466 e. The number of hydrogen-bond donors (Lipinski definition) is 0. The van der Waals surface area contributed by atoms with Crippen molar-refractivity contribution in [3.05, 3.63) is 69.7 Å². The maximum absolute atomic E-state index is 9.32. The smallest absolute Gasteiger partial charge is 0.229 e. The van der Waals surface area contributed by atoms with Gasteiger partial charge in [-0.05, 0) is 49.2 Å². The predicted octanol–water partition coefficient (Wildman–Crippen LogP) is 7.45. The van der Waals surface area contributed by atoms with Crippen LogP contribution in [0.15, 0.2) is 34.7 Å². The molecule has 0 saturated heterocycles. The summed E-state index contributed by atoms with van der Waals surface area (Å²) in [6, 6.07) is 7.21. The van der Waals surface area contributed by atoms with Crippen LogP contribution in [0.3, 0.4) is 0 Å². The zero-order valence-electron chi connectivity index (χ0n) is 25.1. The van der Waals surface area contributed by atoms with Crippen molar-refractivity contribution in [2.24, 2.45) is 12.5 Å². The van der Waals surface area contributed by atoms with E-state index in [9.17, 15) is 1.37 Å². The van der Waals surface area contributed by atoms with E-state index in [0.717, 1.165) is 21.9 Å². The van der Waals surface area contributed by atoms with Gasteiger partial charge in [0.2, 0.25) is 11.4 Å². The highest BCUT2D eigenvalue weighted by atomic mass is 16.3. The Morgan fingerprint density at radius 1 is 1.19 bits per heavy atom. The standard InChI is InChI=1S/C28H31N2O/c1-16-13-17(2)25(27-24(16)21-11-10-12-22(29-8)26(21)31-27)23-14-20(15-28(5,6)7)18(3)19(4)30(23)9/h10-14H,15H2,1-7,9H3/q+1/i3D3,14D,15D2. The molecule has 0 N–H and O–H groups in total. The molecule has 158 valence electrons. The Morgan fingerprint density at radius 3 is 2.58 bits per heavy atom. The van der Waals surface area contributed by atoms with Gasteiger partial charge in [0.1, 0.15) is 18.2 Å². The molecule has 0 unspecified atom stereocenters. The summed E-state index contributed by atoms with van der Waals surface area (Å²) in [7, 11) is 1.70. The molecule has 2 aromatic heterocycles. The van der Waals surface area contributed by atoms with Crippen LogP contribution in [0, 0.1) is 39.6 Å². The van der Waals surface area contributed by atoms with E-state index < -0.39 is 18.6 Å². The second kappa shape index (κ2) is 7.24. The van der Waals surface area contributed by atoms with Crippen molar-refractivity contribution in [2.45, 2.75) is 54.8 Å². The fourth-order valence-electron chi connectivity index (χ4n) is 4.18. The first-order valence-corrected chi connectivity index (χ1v) is 10.3. The minimum absolute atomic E-state index is 0.128. The van der Waals surface area contributed by atoms with Crippen molar-refractivity contribution in [1.82, 2.24) is 0 Å². The summed E-state index contributed by atoms with van der Waals surface area (Å²) in [5.41, 5.74) is 3.17. The van der Waals surface area contributed by atoms with Crippen LogP contribution in [-0.4, -0.2) is 0 Å². The van der Waals surface area contributed by atoms with E-state index in [2.05, 4.69) is 4.85 Å². The van der Waals surface area contributed by atoms with Gasteiger partial charge in [0.25, 0.3) is 0 Å². The van der Waals surface area contributed by atoms with Crippen molar-refractivity contribution in [3.8, 4) is 11.3 Å². The van der Waals surface area contributed by atoms with Crippen LogP contribution in [0.25, 0.3) is 38.0 Å². The Labute approximate surface area is 193 Å². The predicted molar refractivity (Wildman–Crippen MR) is 129 cm³/mol. The fourth-order valence-corrected chi connectivity index (χ4v) is 4.18. The summed E-state index contributed by atoms with van der Waals surface area (Å²) < 4.78 is 60.1. The number of nitrogens with zero attached hydrogens (tertiary/aromatic N) is 2. The molecule has 0 aliphatic carbocycles. The third-order valence-corrected chi connectivity index (χ3v) is 5.69. The average Bonchev–Trinajstić information content (AvgIpc) is 3.16. The van der Waals surface area contributed by atoms with Gasteiger partial charge >= 0.3 is 0 Å². The van der Waals surface area contributed by atoms with Crippen molar-refractivity contribution < 1.29 is 17.2 Å². The first kappa shape index (κ1) is 14.8. The third kappa shape index (κ3) is 3.41. The Hall–Kier alpha value is -3.12. The summed E-state index contributed by atoms with van der Waals surface area (Å²) in [5.74, 6) is 0. The van der Waals surface area contributed by atoms with Crippen LogP contribution in [0.2, 0.25) is 0 Å². The summed E-state index contributed by atoms with van der Waals surface area (Å²) in [6.07, 6.45) is -2.12. The summed E-state index contributed by atoms with van der Waals surface area (Å²) in [5, 5.41) is 1.61.